The molecule has 1 aliphatic heterocycles. The van der Waals surface area contributed by atoms with Gasteiger partial charge in [0.05, 0.1) is 5.02 Å². The predicted molar refractivity (Wildman–Crippen MR) is 97.5 cm³/mol. The van der Waals surface area contributed by atoms with Gasteiger partial charge in [-0.1, -0.05) is 11.6 Å². The topological polar surface area (TPSA) is 49.9 Å². The Morgan fingerprint density at radius 1 is 1.29 bits per heavy atom. The second-order valence-electron chi connectivity index (χ2n) is 6.90. The Balaban J connectivity index is 2.03. The number of nitrogens with zero attached hydrogens (tertiary/aromatic N) is 2. The van der Waals surface area contributed by atoms with E-state index in [1.54, 1.807) is 28.0 Å². The zero-order valence-corrected chi connectivity index (χ0v) is 16.6. The van der Waals surface area contributed by atoms with Crippen LogP contribution in [0.15, 0.2) is 22.7 Å². The molecule has 2 amide bonds. The molecule has 0 bridgehead atoms. The van der Waals surface area contributed by atoms with Gasteiger partial charge in [0.2, 0.25) is 0 Å². The summed E-state index contributed by atoms with van der Waals surface area (Å²) in [5.74, 6) is -0.0833. The van der Waals surface area contributed by atoms with Crippen LogP contribution in [0.2, 0.25) is 5.02 Å². The van der Waals surface area contributed by atoms with Crippen molar-refractivity contribution in [3.63, 3.8) is 0 Å². The van der Waals surface area contributed by atoms with E-state index in [-0.39, 0.29) is 18.0 Å². The number of benzene rings is 1. The van der Waals surface area contributed by atoms with Gasteiger partial charge in [0.25, 0.3) is 5.91 Å². The quantitative estimate of drug-likeness (QED) is 0.688. The van der Waals surface area contributed by atoms with Crippen molar-refractivity contribution in [2.24, 2.45) is 0 Å². The number of hydrogen-bond donors (Lipinski definition) is 0. The molecule has 0 radical (unpaired) electrons. The third kappa shape index (κ3) is 4.63. The second kappa shape index (κ2) is 7.31. The molecule has 0 N–H and O–H groups in total. The molecule has 0 aromatic heterocycles. The first kappa shape index (κ1) is 19.1. The number of ether oxygens (including phenoxy) is 1. The normalized spacial score (nSPS) is 18.5. The maximum atomic E-state index is 12.6. The number of hydrogen-bond acceptors (Lipinski definition) is 3. The molecular formula is C17H22BrClN2O3. The minimum atomic E-state index is -0.530. The second-order valence-corrected chi connectivity index (χ2v) is 8.16. The Hall–Kier alpha value is -1.27. The van der Waals surface area contributed by atoms with Crippen molar-refractivity contribution in [3.05, 3.63) is 33.3 Å². The van der Waals surface area contributed by atoms with Crippen LogP contribution in [-0.4, -0.2) is 53.1 Å². The lowest BCUT2D eigenvalue weighted by Crippen LogP contribution is -2.56. The lowest BCUT2D eigenvalue weighted by molar-refractivity contribution is 0.00198. The fourth-order valence-corrected chi connectivity index (χ4v) is 2.97. The molecule has 7 heteroatoms. The number of piperazine rings is 1. The van der Waals surface area contributed by atoms with Crippen LogP contribution in [-0.2, 0) is 4.74 Å². The number of rotatable bonds is 1. The summed E-state index contributed by atoms with van der Waals surface area (Å²) in [5, 5.41) is 0.501. The van der Waals surface area contributed by atoms with Crippen molar-refractivity contribution >= 4 is 39.5 Å². The number of carbonyl (C=O) groups excluding carboxylic acids is 2. The molecule has 1 saturated heterocycles. The monoisotopic (exact) mass is 416 g/mol. The molecule has 5 nitrogen and oxygen atoms in total. The van der Waals surface area contributed by atoms with E-state index < -0.39 is 5.60 Å². The molecule has 132 valence electrons. The first-order chi connectivity index (χ1) is 11.1. The Morgan fingerprint density at radius 3 is 2.50 bits per heavy atom. The fraction of sp³-hybridized carbons (Fsp3) is 0.529. The van der Waals surface area contributed by atoms with Crippen molar-refractivity contribution in [1.82, 2.24) is 9.80 Å². The molecule has 1 aliphatic rings. The molecule has 1 heterocycles. The summed E-state index contributed by atoms with van der Waals surface area (Å²) in [4.78, 5) is 28.3. The largest absolute Gasteiger partial charge is 0.444 e. The molecule has 1 unspecified atom stereocenters. The maximum absolute atomic E-state index is 12.6. The molecule has 1 aromatic carbocycles. The van der Waals surface area contributed by atoms with Gasteiger partial charge in [-0.25, -0.2) is 4.79 Å². The van der Waals surface area contributed by atoms with Crippen LogP contribution in [0.5, 0.6) is 0 Å². The number of carbonyl (C=O) groups is 2. The molecule has 1 aromatic rings. The minimum absolute atomic E-state index is 0.0833. The van der Waals surface area contributed by atoms with Gasteiger partial charge >= 0.3 is 6.09 Å². The maximum Gasteiger partial charge on any atom is 0.410 e. The van der Waals surface area contributed by atoms with Crippen molar-refractivity contribution < 1.29 is 14.3 Å². The predicted octanol–water partition coefficient (Wildman–Crippen LogP) is 4.18. The highest BCUT2D eigenvalue weighted by atomic mass is 79.9. The van der Waals surface area contributed by atoms with E-state index in [0.717, 1.165) is 4.47 Å². The van der Waals surface area contributed by atoms with Gasteiger partial charge in [-0.15, -0.1) is 0 Å². The van der Waals surface area contributed by atoms with Gasteiger partial charge in [0.15, 0.2) is 0 Å². The van der Waals surface area contributed by atoms with Crippen LogP contribution in [0.3, 0.4) is 0 Å². The van der Waals surface area contributed by atoms with Gasteiger partial charge < -0.3 is 14.5 Å². The van der Waals surface area contributed by atoms with Crippen LogP contribution in [0, 0.1) is 0 Å². The van der Waals surface area contributed by atoms with Crippen LogP contribution in [0.1, 0.15) is 38.1 Å². The van der Waals surface area contributed by atoms with E-state index in [1.807, 2.05) is 27.7 Å². The fourth-order valence-electron chi connectivity index (χ4n) is 2.55. The van der Waals surface area contributed by atoms with Gasteiger partial charge in [0, 0.05) is 35.7 Å². The highest BCUT2D eigenvalue weighted by molar-refractivity contribution is 9.10. The molecule has 1 fully saturated rings. The molecule has 0 saturated carbocycles. The van der Waals surface area contributed by atoms with Gasteiger partial charge in [-0.05, 0) is 61.8 Å². The third-order valence-corrected chi connectivity index (χ3v) is 4.94. The Bertz CT molecular complexity index is 645. The first-order valence-corrected chi connectivity index (χ1v) is 8.99. The standard InChI is InChI=1S/C17H22BrClN2O3/c1-11-10-20(7-8-21(11)16(23)24-17(2,3)4)15(22)12-5-6-13(18)14(19)9-12/h5-6,9,11H,7-8,10H2,1-4H3. The Labute approximate surface area is 156 Å². The van der Waals surface area contributed by atoms with E-state index >= 15 is 0 Å². The molecule has 0 aliphatic carbocycles. The van der Waals surface area contributed by atoms with Crippen LogP contribution >= 0.6 is 27.5 Å². The molecular weight excluding hydrogens is 396 g/mol. The van der Waals surface area contributed by atoms with Crippen molar-refractivity contribution in [2.45, 2.75) is 39.3 Å². The highest BCUT2D eigenvalue weighted by Gasteiger charge is 2.32. The van der Waals surface area contributed by atoms with E-state index in [4.69, 9.17) is 16.3 Å². The van der Waals surface area contributed by atoms with Gasteiger partial charge in [-0.3, -0.25) is 4.79 Å². The van der Waals surface area contributed by atoms with E-state index in [0.29, 0.717) is 30.2 Å². The lowest BCUT2D eigenvalue weighted by Gasteiger charge is -2.40. The van der Waals surface area contributed by atoms with Crippen LogP contribution < -0.4 is 0 Å². The highest BCUT2D eigenvalue weighted by Crippen LogP contribution is 2.24. The molecule has 24 heavy (non-hydrogen) atoms. The van der Waals surface area contributed by atoms with Crippen LogP contribution in [0.25, 0.3) is 0 Å². The van der Waals surface area contributed by atoms with Crippen molar-refractivity contribution in [2.75, 3.05) is 19.6 Å². The van der Waals surface area contributed by atoms with E-state index in [1.165, 1.54) is 0 Å². The number of halogens is 2. The van der Waals surface area contributed by atoms with Gasteiger partial charge in [0.1, 0.15) is 5.60 Å². The van der Waals surface area contributed by atoms with Crippen molar-refractivity contribution in [1.29, 1.82) is 0 Å². The third-order valence-electron chi connectivity index (χ3n) is 3.71. The number of amides is 2. The summed E-state index contributed by atoms with van der Waals surface area (Å²) in [5.41, 5.74) is 0.0129. The zero-order chi connectivity index (χ0) is 18.1. The summed E-state index contributed by atoms with van der Waals surface area (Å²) >= 11 is 9.38. The van der Waals surface area contributed by atoms with E-state index in [2.05, 4.69) is 15.9 Å². The molecule has 2 rings (SSSR count). The van der Waals surface area contributed by atoms with E-state index in [9.17, 15) is 9.59 Å². The SMILES string of the molecule is CC1CN(C(=O)c2ccc(Br)c(Cl)c2)CCN1C(=O)OC(C)(C)C. The first-order valence-electron chi connectivity index (χ1n) is 7.82. The minimum Gasteiger partial charge on any atom is -0.444 e. The Kier molecular flexibility index (Phi) is 5.81. The van der Waals surface area contributed by atoms with Crippen LogP contribution in [0.4, 0.5) is 4.79 Å². The molecule has 0 spiro atoms. The Morgan fingerprint density at radius 2 is 1.96 bits per heavy atom. The smallest absolute Gasteiger partial charge is 0.410 e. The summed E-state index contributed by atoms with van der Waals surface area (Å²) < 4.78 is 6.17. The summed E-state index contributed by atoms with van der Waals surface area (Å²) in [6, 6.07) is 5.04. The summed E-state index contributed by atoms with van der Waals surface area (Å²) in [7, 11) is 0. The summed E-state index contributed by atoms with van der Waals surface area (Å²) in [6.45, 7) is 8.82. The zero-order valence-electron chi connectivity index (χ0n) is 14.3. The summed E-state index contributed by atoms with van der Waals surface area (Å²) in [6.07, 6.45) is -0.339. The molecule has 1 atom stereocenters. The lowest BCUT2D eigenvalue weighted by atomic mass is 10.1. The average Bonchev–Trinajstić information content (AvgIpc) is 2.47. The van der Waals surface area contributed by atoms with Gasteiger partial charge in [-0.2, -0.15) is 0 Å². The average molecular weight is 418 g/mol. The van der Waals surface area contributed by atoms with Crippen molar-refractivity contribution in [3.8, 4) is 0 Å².